The van der Waals surface area contributed by atoms with Gasteiger partial charge in [0.25, 0.3) is 0 Å². The Balaban J connectivity index is 0.00000289. The summed E-state index contributed by atoms with van der Waals surface area (Å²) >= 11 is 0.571. The summed E-state index contributed by atoms with van der Waals surface area (Å²) in [6.07, 6.45) is 0. The van der Waals surface area contributed by atoms with E-state index in [9.17, 15) is 46.7 Å². The number of aromatic hydroxyl groups is 2. The Bertz CT molecular complexity index is 3550. The van der Waals surface area contributed by atoms with Crippen LogP contribution in [0.15, 0.2) is 161 Å². The van der Waals surface area contributed by atoms with E-state index in [1.807, 2.05) is 31.2 Å². The van der Waals surface area contributed by atoms with Gasteiger partial charge < -0.3 is 40.5 Å². The van der Waals surface area contributed by atoms with Crippen molar-refractivity contribution in [3.63, 3.8) is 0 Å². The standard InChI is InChI=1S/C42H31N9O14S4.4Na/c1-22-7-9-23(10-8-22)24-11-13-28(14-12-24)48-51-37-34(69(59,60)61)20-26-19-33(67-65-63-55)36(50-49-32-21-29(66-64-62-54)17-25-18-30(68(56,57)58)15-16-31(25)32)39(52)35(26)38(37)44-41-45-40(46-42(53)47-41)43-27-5-3-2-4-6-27;;;;/h2-21,52,54-55H,1H3,(H,56,57,58)(H,59,60,61)(H3,43,44,45,46,47,53);;;;/q;4*+1/p-4. The van der Waals surface area contributed by atoms with Crippen molar-refractivity contribution in [3.8, 4) is 22.9 Å². The number of fused-ring (bicyclic) bond motifs is 2. The molecule has 8 aromatic rings. The van der Waals surface area contributed by atoms with Crippen molar-refractivity contribution in [1.82, 2.24) is 15.0 Å². The topological polar surface area (TPSA) is 350 Å². The van der Waals surface area contributed by atoms with E-state index in [1.165, 1.54) is 18.2 Å². The Kier molecular flexibility index (Phi) is 23.6. The van der Waals surface area contributed by atoms with Crippen LogP contribution in [0.4, 0.5) is 46.0 Å². The SMILES string of the molecule is Cc1ccc(-c2ccc(N=Nc3c(S(=O)(=O)[O-])cc4cc(SOO[O-])c(N=Nc5cc(SOO[O-])cc6cc(S(=O)(=O)[O-])ccc56)c(O)c4c3Nc3nc(O)nc(Nc4ccccc4)n3)cc2)cc1.[Na+].[Na+].[Na+].[Na+]. The molecule has 0 aliphatic carbocycles. The summed E-state index contributed by atoms with van der Waals surface area (Å²) in [7, 11) is -10.4. The Hall–Kier alpha value is -3.25. The zero-order chi connectivity index (χ0) is 48.9. The molecular formula is C42H27N9Na4O14S4. The molecule has 0 fully saturated rings. The predicted octanol–water partition coefficient (Wildman–Crippen LogP) is -3.83. The van der Waals surface area contributed by atoms with Crippen LogP contribution in [0.3, 0.4) is 0 Å². The third kappa shape index (κ3) is 15.7. The quantitative estimate of drug-likeness (QED) is 0.0169. The maximum absolute atomic E-state index is 13.1. The first-order chi connectivity index (χ1) is 33.1. The van der Waals surface area contributed by atoms with Gasteiger partial charge in [0.1, 0.15) is 31.6 Å². The monoisotopic (exact) mass is 1100 g/mol. The number of aryl methyl sites for hydroxylation is 1. The minimum atomic E-state index is -5.48. The second-order valence-corrected chi connectivity index (χ2v) is 18.4. The Morgan fingerprint density at radius 2 is 1.23 bits per heavy atom. The van der Waals surface area contributed by atoms with Crippen molar-refractivity contribution in [2.75, 3.05) is 10.6 Å². The zero-order valence-electron chi connectivity index (χ0n) is 38.6. The number of hydrogen-bond donors (Lipinski definition) is 4. The van der Waals surface area contributed by atoms with Crippen LogP contribution in [0.1, 0.15) is 5.56 Å². The molecule has 7 aromatic carbocycles. The van der Waals surface area contributed by atoms with Crippen LogP contribution in [-0.2, 0) is 39.0 Å². The number of aromatic nitrogens is 3. The van der Waals surface area contributed by atoms with Gasteiger partial charge in [-0.25, -0.2) is 16.8 Å². The summed E-state index contributed by atoms with van der Waals surface area (Å²) in [5.74, 6) is -1.53. The third-order valence-corrected chi connectivity index (χ3v) is 12.5. The van der Waals surface area contributed by atoms with Crippen molar-refractivity contribution in [2.45, 2.75) is 26.5 Å². The fraction of sp³-hybridized carbons (Fsp3) is 0.0238. The molecule has 0 saturated heterocycles. The van der Waals surface area contributed by atoms with Gasteiger partial charge in [0.05, 0.1) is 61.2 Å². The molecule has 31 heteroatoms. The number of para-hydroxylation sites is 1. The number of nitrogens with zero attached hydrogens (tertiary/aromatic N) is 7. The largest absolute Gasteiger partial charge is 1.00 e. The van der Waals surface area contributed by atoms with Crippen molar-refractivity contribution in [1.29, 1.82) is 0 Å². The zero-order valence-corrected chi connectivity index (χ0v) is 49.9. The number of anilines is 4. The average Bonchev–Trinajstić information content (AvgIpc) is 3.31. The first-order valence-corrected chi connectivity index (χ1v) is 23.6. The van der Waals surface area contributed by atoms with Gasteiger partial charge in [-0.05, 0) is 89.5 Å². The van der Waals surface area contributed by atoms with E-state index in [0.29, 0.717) is 17.7 Å². The van der Waals surface area contributed by atoms with Gasteiger partial charge >= 0.3 is 124 Å². The summed E-state index contributed by atoms with van der Waals surface area (Å²) in [6, 6.07) is 30.0. The smallest absolute Gasteiger partial charge is 0.744 e. The van der Waals surface area contributed by atoms with E-state index in [1.54, 1.807) is 54.6 Å². The van der Waals surface area contributed by atoms with E-state index >= 15 is 0 Å². The van der Waals surface area contributed by atoms with Gasteiger partial charge in [-0.3, -0.25) is 10.1 Å². The molecule has 1 aromatic heterocycles. The molecule has 73 heavy (non-hydrogen) atoms. The molecule has 0 aliphatic heterocycles. The van der Waals surface area contributed by atoms with Crippen molar-refractivity contribution >= 4 is 112 Å². The van der Waals surface area contributed by atoms with Gasteiger partial charge in [-0.1, -0.05) is 66.2 Å². The molecule has 4 N–H and O–H groups in total. The van der Waals surface area contributed by atoms with E-state index in [4.69, 9.17) is 0 Å². The Morgan fingerprint density at radius 3 is 1.86 bits per heavy atom. The van der Waals surface area contributed by atoms with Crippen LogP contribution in [0.25, 0.3) is 32.7 Å². The number of phenols is 1. The summed E-state index contributed by atoms with van der Waals surface area (Å²) in [4.78, 5) is 10.3. The van der Waals surface area contributed by atoms with Gasteiger partial charge in [0.2, 0.25) is 11.9 Å². The molecule has 352 valence electrons. The first-order valence-electron chi connectivity index (χ1n) is 19.3. The molecule has 0 unspecified atom stereocenters. The number of azo groups is 2. The summed E-state index contributed by atoms with van der Waals surface area (Å²) < 4.78 is 84.0. The van der Waals surface area contributed by atoms with Crippen molar-refractivity contribution < 1.29 is 184 Å². The van der Waals surface area contributed by atoms with Crippen LogP contribution in [0.5, 0.6) is 11.8 Å². The van der Waals surface area contributed by atoms with E-state index < -0.39 is 64.8 Å². The van der Waals surface area contributed by atoms with Crippen LogP contribution < -0.4 is 139 Å². The molecule has 23 nitrogen and oxygen atoms in total. The molecule has 0 saturated carbocycles. The maximum Gasteiger partial charge on any atom is 1.00 e. The van der Waals surface area contributed by atoms with Crippen molar-refractivity contribution in [3.05, 3.63) is 127 Å². The number of hydrogen-bond acceptors (Lipinski definition) is 25. The van der Waals surface area contributed by atoms with Crippen LogP contribution in [0.2, 0.25) is 0 Å². The Morgan fingerprint density at radius 1 is 0.616 bits per heavy atom. The molecule has 0 atom stereocenters. The van der Waals surface area contributed by atoms with Crippen molar-refractivity contribution in [2.24, 2.45) is 20.5 Å². The second-order valence-electron chi connectivity index (χ2n) is 14.2. The fourth-order valence-electron chi connectivity index (χ4n) is 6.66. The van der Waals surface area contributed by atoms with E-state index in [0.717, 1.165) is 41.0 Å². The Labute approximate surface area is 511 Å². The predicted molar refractivity (Wildman–Crippen MR) is 241 cm³/mol. The van der Waals surface area contributed by atoms with Crippen LogP contribution in [0, 0.1) is 6.92 Å². The molecule has 1 heterocycles. The first kappa shape index (κ1) is 62.3. The normalized spacial score (nSPS) is 11.5. The summed E-state index contributed by atoms with van der Waals surface area (Å²) in [5.41, 5.74) is 1.69. The molecule has 0 aliphatic rings. The molecule has 0 bridgehead atoms. The van der Waals surface area contributed by atoms with Crippen LogP contribution >= 0.6 is 24.1 Å². The second kappa shape index (κ2) is 27.7. The molecule has 8 rings (SSSR count). The fourth-order valence-corrected chi connectivity index (χ4v) is 8.75. The number of benzene rings is 7. The molecule has 0 amide bonds. The van der Waals surface area contributed by atoms with Gasteiger partial charge in [-0.15, -0.1) is 15.3 Å². The summed E-state index contributed by atoms with van der Waals surface area (Å²) in [6.45, 7) is 1.95. The van der Waals surface area contributed by atoms with E-state index in [-0.39, 0.29) is 179 Å². The number of rotatable bonds is 17. The third-order valence-electron chi connectivity index (χ3n) is 9.69. The maximum atomic E-state index is 13.1. The van der Waals surface area contributed by atoms with Gasteiger partial charge in [0.15, 0.2) is 5.75 Å². The number of nitrogens with one attached hydrogen (secondary N) is 2. The molecule has 0 spiro atoms. The minimum absolute atomic E-state index is 0. The molecule has 0 radical (unpaired) electrons. The summed E-state index contributed by atoms with van der Waals surface area (Å²) in [5, 5.41) is 73.9. The minimum Gasteiger partial charge on any atom is -0.744 e. The van der Waals surface area contributed by atoms with Crippen LogP contribution in [-0.4, -0.2) is 51.1 Å². The van der Waals surface area contributed by atoms with Gasteiger partial charge in [-0.2, -0.15) is 28.7 Å². The average molecular weight is 1100 g/mol. The van der Waals surface area contributed by atoms with E-state index in [2.05, 4.69) is 64.8 Å². The number of phenolic OH excluding ortho intramolecular Hbond substituents is 1. The van der Waals surface area contributed by atoms with Gasteiger partial charge in [0, 0.05) is 16.0 Å². The molecular weight excluding hydrogens is 1070 g/mol.